The Morgan fingerprint density at radius 2 is 1.92 bits per heavy atom. The van der Waals surface area contributed by atoms with E-state index in [1.165, 1.54) is 0 Å². The fourth-order valence-corrected chi connectivity index (χ4v) is 3.12. The lowest BCUT2D eigenvalue weighted by atomic mass is 10.1. The number of carbonyl (C=O) groups is 1. The molecule has 0 unspecified atom stereocenters. The van der Waals surface area contributed by atoms with E-state index in [-0.39, 0.29) is 10.8 Å². The van der Waals surface area contributed by atoms with Gasteiger partial charge in [0.1, 0.15) is 5.69 Å². The van der Waals surface area contributed by atoms with Crippen molar-refractivity contribution >= 4 is 33.2 Å². The van der Waals surface area contributed by atoms with Gasteiger partial charge < -0.3 is 5.11 Å². The van der Waals surface area contributed by atoms with Crippen LogP contribution >= 0.6 is 27.3 Å². The summed E-state index contributed by atoms with van der Waals surface area (Å²) in [4.78, 5) is 14.6. The van der Waals surface area contributed by atoms with Crippen molar-refractivity contribution in [2.45, 2.75) is 12.3 Å². The van der Waals surface area contributed by atoms with E-state index >= 15 is 0 Å². The van der Waals surface area contributed by atoms with Gasteiger partial charge in [-0.2, -0.15) is 13.9 Å². The van der Waals surface area contributed by atoms with Crippen molar-refractivity contribution in [1.82, 2.24) is 14.8 Å². The molecule has 1 N–H and O–H groups in total. The Labute approximate surface area is 156 Å². The SMILES string of the molecule is O=C(O)c1csc(-n2nc(-c3ccc(Br)cc3)cc2C(F)(F)C(F)F)n1. The van der Waals surface area contributed by atoms with Gasteiger partial charge in [-0.1, -0.05) is 28.1 Å². The van der Waals surface area contributed by atoms with E-state index < -0.39 is 29.7 Å². The van der Waals surface area contributed by atoms with Crippen LogP contribution in [0.1, 0.15) is 16.2 Å². The molecule has 0 bridgehead atoms. The van der Waals surface area contributed by atoms with E-state index in [4.69, 9.17) is 5.11 Å². The van der Waals surface area contributed by atoms with E-state index in [0.717, 1.165) is 15.9 Å². The quantitative estimate of drug-likeness (QED) is 0.567. The molecule has 0 radical (unpaired) electrons. The fraction of sp³-hybridized carbons (Fsp3) is 0.133. The van der Waals surface area contributed by atoms with Gasteiger partial charge in [0.2, 0.25) is 5.13 Å². The fourth-order valence-electron chi connectivity index (χ4n) is 2.10. The molecule has 3 aromatic rings. The highest BCUT2D eigenvalue weighted by atomic mass is 79.9. The zero-order valence-corrected chi connectivity index (χ0v) is 14.9. The van der Waals surface area contributed by atoms with Crippen LogP contribution in [0.3, 0.4) is 0 Å². The second-order valence-electron chi connectivity index (χ2n) is 5.08. The molecule has 0 aliphatic carbocycles. The largest absolute Gasteiger partial charge is 0.476 e. The minimum atomic E-state index is -4.49. The summed E-state index contributed by atoms with van der Waals surface area (Å²) in [6, 6.07) is 7.28. The first-order valence-corrected chi connectivity index (χ1v) is 8.59. The smallest absolute Gasteiger partial charge is 0.355 e. The summed E-state index contributed by atoms with van der Waals surface area (Å²) >= 11 is 3.94. The van der Waals surface area contributed by atoms with E-state index in [9.17, 15) is 22.4 Å². The predicted molar refractivity (Wildman–Crippen MR) is 89.2 cm³/mol. The first-order valence-electron chi connectivity index (χ1n) is 6.92. The molecule has 0 saturated heterocycles. The third-order valence-corrected chi connectivity index (χ3v) is 4.70. The van der Waals surface area contributed by atoms with Crippen molar-refractivity contribution in [2.75, 3.05) is 0 Å². The van der Waals surface area contributed by atoms with Gasteiger partial charge in [0, 0.05) is 15.4 Å². The molecule has 0 fully saturated rings. The Morgan fingerprint density at radius 1 is 1.27 bits per heavy atom. The highest BCUT2D eigenvalue weighted by molar-refractivity contribution is 9.10. The van der Waals surface area contributed by atoms with Gasteiger partial charge in [0.25, 0.3) is 0 Å². The standard InChI is InChI=1S/C15H8BrF4N3O2S/c16-8-3-1-7(2-4-8)9-5-11(15(19,20)13(17)18)23(22-9)14-21-10(6-26-14)12(24)25/h1-6,13H,(H,24,25). The molecule has 11 heteroatoms. The van der Waals surface area contributed by atoms with Gasteiger partial charge in [-0.3, -0.25) is 0 Å². The maximum atomic E-state index is 14.0. The Morgan fingerprint density at radius 3 is 2.46 bits per heavy atom. The van der Waals surface area contributed by atoms with Gasteiger partial charge in [-0.15, -0.1) is 11.3 Å². The summed E-state index contributed by atoms with van der Waals surface area (Å²) in [5, 5.41) is 13.7. The molecule has 3 rings (SSSR count). The molecule has 0 aliphatic heterocycles. The molecular weight excluding hydrogens is 442 g/mol. The number of carboxylic acid groups (broad SMARTS) is 1. The Balaban J connectivity index is 2.17. The van der Waals surface area contributed by atoms with Gasteiger partial charge in [0.15, 0.2) is 5.69 Å². The monoisotopic (exact) mass is 449 g/mol. The minimum absolute atomic E-state index is 0.0277. The summed E-state index contributed by atoms with van der Waals surface area (Å²) in [6.45, 7) is 0. The molecule has 0 atom stereocenters. The summed E-state index contributed by atoms with van der Waals surface area (Å²) in [5.41, 5.74) is -1.01. The topological polar surface area (TPSA) is 68.0 Å². The molecule has 1 aromatic carbocycles. The summed E-state index contributed by atoms with van der Waals surface area (Å²) in [5.74, 6) is -5.86. The van der Waals surface area contributed by atoms with Gasteiger partial charge in [0.05, 0.1) is 5.69 Å². The average Bonchev–Trinajstić information content (AvgIpc) is 3.22. The number of alkyl halides is 4. The highest BCUT2D eigenvalue weighted by Gasteiger charge is 2.46. The van der Waals surface area contributed by atoms with Crippen LogP contribution in [-0.4, -0.2) is 32.3 Å². The van der Waals surface area contributed by atoms with E-state index in [1.54, 1.807) is 24.3 Å². The van der Waals surface area contributed by atoms with Crippen molar-refractivity contribution in [3.05, 3.63) is 51.6 Å². The molecule has 26 heavy (non-hydrogen) atoms. The second kappa shape index (κ2) is 6.80. The maximum absolute atomic E-state index is 14.0. The number of aromatic nitrogens is 3. The van der Waals surface area contributed by atoms with Crippen LogP contribution in [0.5, 0.6) is 0 Å². The van der Waals surface area contributed by atoms with Gasteiger partial charge >= 0.3 is 18.3 Å². The third kappa shape index (κ3) is 3.36. The molecule has 0 aliphatic rings. The zero-order chi connectivity index (χ0) is 19.1. The minimum Gasteiger partial charge on any atom is -0.476 e. The number of aromatic carboxylic acids is 1. The lowest BCUT2D eigenvalue weighted by Gasteiger charge is -2.15. The van der Waals surface area contributed by atoms with Crippen molar-refractivity contribution < 1.29 is 27.5 Å². The predicted octanol–water partition coefficient (Wildman–Crippen LogP) is 4.81. The Bertz CT molecular complexity index is 956. The van der Waals surface area contributed by atoms with E-state index in [2.05, 4.69) is 26.0 Å². The third-order valence-electron chi connectivity index (χ3n) is 3.36. The van der Waals surface area contributed by atoms with Crippen LogP contribution < -0.4 is 0 Å². The van der Waals surface area contributed by atoms with Gasteiger partial charge in [-0.25, -0.2) is 23.2 Å². The first-order chi connectivity index (χ1) is 12.2. The van der Waals surface area contributed by atoms with Crippen LogP contribution in [0.2, 0.25) is 0 Å². The van der Waals surface area contributed by atoms with E-state index in [0.29, 0.717) is 21.6 Å². The van der Waals surface area contributed by atoms with Crippen molar-refractivity contribution in [1.29, 1.82) is 0 Å². The molecule has 136 valence electrons. The van der Waals surface area contributed by atoms with Crippen molar-refractivity contribution in [2.24, 2.45) is 0 Å². The maximum Gasteiger partial charge on any atom is 0.355 e. The number of benzene rings is 1. The second-order valence-corrected chi connectivity index (χ2v) is 6.83. The van der Waals surface area contributed by atoms with Crippen molar-refractivity contribution in [3.8, 4) is 16.4 Å². The molecular formula is C15H8BrF4N3O2S. The summed E-state index contributed by atoms with van der Waals surface area (Å²) < 4.78 is 55.1. The molecule has 0 saturated carbocycles. The number of carboxylic acids is 1. The van der Waals surface area contributed by atoms with Crippen LogP contribution in [0.4, 0.5) is 17.6 Å². The number of hydrogen-bond donors (Lipinski definition) is 1. The van der Waals surface area contributed by atoms with Crippen molar-refractivity contribution in [3.63, 3.8) is 0 Å². The average molecular weight is 450 g/mol. The Hall–Kier alpha value is -2.27. The lowest BCUT2D eigenvalue weighted by molar-refractivity contribution is -0.139. The Kier molecular flexibility index (Phi) is 4.84. The highest BCUT2D eigenvalue weighted by Crippen LogP contribution is 2.38. The summed E-state index contributed by atoms with van der Waals surface area (Å²) in [6.07, 6.45) is -3.96. The van der Waals surface area contributed by atoms with E-state index in [1.807, 2.05) is 0 Å². The number of rotatable bonds is 5. The molecule has 5 nitrogen and oxygen atoms in total. The lowest BCUT2D eigenvalue weighted by Crippen LogP contribution is -2.27. The first kappa shape index (κ1) is 18.5. The van der Waals surface area contributed by atoms with Gasteiger partial charge in [-0.05, 0) is 18.2 Å². The van der Waals surface area contributed by atoms with Crippen LogP contribution in [0.25, 0.3) is 16.4 Å². The number of hydrogen-bond acceptors (Lipinski definition) is 4. The number of nitrogens with zero attached hydrogens (tertiary/aromatic N) is 3. The summed E-state index contributed by atoms with van der Waals surface area (Å²) in [7, 11) is 0. The molecule has 0 amide bonds. The molecule has 2 heterocycles. The van der Waals surface area contributed by atoms with Crippen LogP contribution in [0.15, 0.2) is 40.2 Å². The normalized spacial score (nSPS) is 11.9. The zero-order valence-electron chi connectivity index (χ0n) is 12.5. The molecule has 2 aromatic heterocycles. The number of halogens is 5. The van der Waals surface area contributed by atoms with Crippen LogP contribution in [0, 0.1) is 0 Å². The molecule has 0 spiro atoms. The van der Waals surface area contributed by atoms with Crippen LogP contribution in [-0.2, 0) is 5.92 Å². The number of thiazole rings is 1.